The number of carbonyl (C=O) groups is 1. The molecule has 4 heteroatoms. The summed E-state index contributed by atoms with van der Waals surface area (Å²) in [7, 11) is 0. The first-order chi connectivity index (χ1) is 9.13. The summed E-state index contributed by atoms with van der Waals surface area (Å²) in [6, 6.07) is 14.8. The van der Waals surface area contributed by atoms with E-state index in [-0.39, 0.29) is 5.91 Å². The van der Waals surface area contributed by atoms with E-state index >= 15 is 0 Å². The number of nitrogens with two attached hydrogens (primary N) is 1. The normalized spacial score (nSPS) is 10.2. The number of amides is 1. The molecule has 2 aromatic rings. The van der Waals surface area contributed by atoms with Crippen molar-refractivity contribution in [1.82, 2.24) is 5.32 Å². The zero-order valence-electron chi connectivity index (χ0n) is 10.4. The van der Waals surface area contributed by atoms with Crippen LogP contribution in [0.3, 0.4) is 0 Å². The highest BCUT2D eigenvalue weighted by atomic mass is 35.5. The number of carbonyl (C=O) groups excluding carboxylic acids is 1. The van der Waals surface area contributed by atoms with Gasteiger partial charge in [0.05, 0.1) is 6.42 Å². The first-order valence-electron chi connectivity index (χ1n) is 5.99. The minimum atomic E-state index is -0.0365. The molecule has 0 aromatic heterocycles. The number of halogens is 1. The highest BCUT2D eigenvalue weighted by Gasteiger charge is 2.03. The van der Waals surface area contributed by atoms with Gasteiger partial charge in [-0.2, -0.15) is 0 Å². The van der Waals surface area contributed by atoms with E-state index in [0.717, 1.165) is 11.1 Å². The Kier molecular flexibility index (Phi) is 4.42. The molecule has 0 aliphatic heterocycles. The van der Waals surface area contributed by atoms with Crippen molar-refractivity contribution in [1.29, 1.82) is 0 Å². The molecule has 0 saturated heterocycles. The smallest absolute Gasteiger partial charge is 0.224 e. The van der Waals surface area contributed by atoms with Crippen LogP contribution in [0.2, 0.25) is 5.02 Å². The van der Waals surface area contributed by atoms with Crippen molar-refractivity contribution in [3.05, 3.63) is 64.7 Å². The van der Waals surface area contributed by atoms with Gasteiger partial charge < -0.3 is 11.1 Å². The van der Waals surface area contributed by atoms with Gasteiger partial charge in [-0.15, -0.1) is 0 Å². The molecule has 19 heavy (non-hydrogen) atoms. The summed E-state index contributed by atoms with van der Waals surface area (Å²) in [4.78, 5) is 11.8. The zero-order valence-corrected chi connectivity index (χ0v) is 11.2. The van der Waals surface area contributed by atoms with Crippen molar-refractivity contribution >= 4 is 23.2 Å². The fraction of sp³-hybridized carbons (Fsp3) is 0.133. The standard InChI is InChI=1S/C15H15ClN2O/c16-13-5-1-4-12(7-13)10-18-15(19)9-11-3-2-6-14(17)8-11/h1-8H,9-10,17H2,(H,18,19). The van der Waals surface area contributed by atoms with Gasteiger partial charge in [0, 0.05) is 17.3 Å². The van der Waals surface area contributed by atoms with Crippen LogP contribution in [-0.4, -0.2) is 5.91 Å². The Morgan fingerprint density at radius 2 is 1.84 bits per heavy atom. The summed E-state index contributed by atoms with van der Waals surface area (Å²) >= 11 is 5.88. The van der Waals surface area contributed by atoms with Crippen LogP contribution >= 0.6 is 11.6 Å². The highest BCUT2D eigenvalue weighted by Crippen LogP contribution is 2.10. The molecule has 0 aliphatic carbocycles. The van der Waals surface area contributed by atoms with E-state index in [1.165, 1.54) is 0 Å². The lowest BCUT2D eigenvalue weighted by Crippen LogP contribution is -2.24. The topological polar surface area (TPSA) is 55.1 Å². The zero-order chi connectivity index (χ0) is 13.7. The van der Waals surface area contributed by atoms with Gasteiger partial charge in [-0.3, -0.25) is 4.79 Å². The molecule has 3 N–H and O–H groups in total. The third-order valence-corrected chi connectivity index (χ3v) is 2.93. The molecule has 0 fully saturated rings. The lowest BCUT2D eigenvalue weighted by molar-refractivity contribution is -0.120. The number of hydrogen-bond acceptors (Lipinski definition) is 2. The average Bonchev–Trinajstić information content (AvgIpc) is 2.36. The molecule has 98 valence electrons. The van der Waals surface area contributed by atoms with E-state index in [2.05, 4.69) is 5.32 Å². The Balaban J connectivity index is 1.88. The molecule has 2 aromatic carbocycles. The van der Waals surface area contributed by atoms with Crippen LogP contribution in [0.5, 0.6) is 0 Å². The predicted octanol–water partition coefficient (Wildman–Crippen LogP) is 2.78. The van der Waals surface area contributed by atoms with Crippen LogP contribution in [0.4, 0.5) is 5.69 Å². The third-order valence-electron chi connectivity index (χ3n) is 2.69. The van der Waals surface area contributed by atoms with Crippen LogP contribution in [-0.2, 0) is 17.8 Å². The molecular formula is C15H15ClN2O. The Morgan fingerprint density at radius 3 is 2.58 bits per heavy atom. The van der Waals surface area contributed by atoms with Gasteiger partial charge in [0.1, 0.15) is 0 Å². The van der Waals surface area contributed by atoms with Gasteiger partial charge in [0.15, 0.2) is 0 Å². The largest absolute Gasteiger partial charge is 0.399 e. The molecule has 0 aliphatic rings. The van der Waals surface area contributed by atoms with Gasteiger partial charge in [-0.05, 0) is 35.4 Å². The summed E-state index contributed by atoms with van der Waals surface area (Å²) in [5.41, 5.74) is 8.22. The van der Waals surface area contributed by atoms with E-state index in [0.29, 0.717) is 23.7 Å². The maximum absolute atomic E-state index is 11.8. The van der Waals surface area contributed by atoms with Crippen molar-refractivity contribution in [2.24, 2.45) is 0 Å². The fourth-order valence-corrected chi connectivity index (χ4v) is 2.01. The maximum Gasteiger partial charge on any atom is 0.224 e. The van der Waals surface area contributed by atoms with Gasteiger partial charge in [0.2, 0.25) is 5.91 Å². The molecule has 0 heterocycles. The molecule has 0 unspecified atom stereocenters. The molecular weight excluding hydrogens is 260 g/mol. The third kappa shape index (κ3) is 4.30. The fourth-order valence-electron chi connectivity index (χ4n) is 1.80. The van der Waals surface area contributed by atoms with Gasteiger partial charge in [-0.1, -0.05) is 35.9 Å². The quantitative estimate of drug-likeness (QED) is 0.843. The lowest BCUT2D eigenvalue weighted by Gasteiger charge is -2.06. The maximum atomic E-state index is 11.8. The molecule has 0 bridgehead atoms. The average molecular weight is 275 g/mol. The summed E-state index contributed by atoms with van der Waals surface area (Å²) in [6.45, 7) is 0.474. The van der Waals surface area contributed by atoms with Crippen molar-refractivity contribution in [2.45, 2.75) is 13.0 Å². The summed E-state index contributed by atoms with van der Waals surface area (Å²) < 4.78 is 0. The molecule has 0 atom stereocenters. The van der Waals surface area contributed by atoms with Crippen LogP contribution in [0, 0.1) is 0 Å². The Labute approximate surface area is 117 Å². The second-order valence-electron chi connectivity index (χ2n) is 4.33. The van der Waals surface area contributed by atoms with E-state index < -0.39 is 0 Å². The number of benzene rings is 2. The van der Waals surface area contributed by atoms with Crippen LogP contribution in [0.1, 0.15) is 11.1 Å². The minimum absolute atomic E-state index is 0.0365. The van der Waals surface area contributed by atoms with Gasteiger partial charge in [0.25, 0.3) is 0 Å². The predicted molar refractivity (Wildman–Crippen MR) is 77.9 cm³/mol. The van der Waals surface area contributed by atoms with Gasteiger partial charge in [-0.25, -0.2) is 0 Å². The van der Waals surface area contributed by atoms with Crippen LogP contribution in [0.15, 0.2) is 48.5 Å². The van der Waals surface area contributed by atoms with E-state index in [9.17, 15) is 4.79 Å². The number of hydrogen-bond donors (Lipinski definition) is 2. The second kappa shape index (κ2) is 6.25. The van der Waals surface area contributed by atoms with Crippen molar-refractivity contribution in [3.8, 4) is 0 Å². The molecule has 0 spiro atoms. The van der Waals surface area contributed by atoms with E-state index in [1.807, 2.05) is 30.3 Å². The summed E-state index contributed by atoms with van der Waals surface area (Å²) in [5, 5.41) is 3.52. The Hall–Kier alpha value is -2.00. The monoisotopic (exact) mass is 274 g/mol. The summed E-state index contributed by atoms with van der Waals surface area (Å²) in [6.07, 6.45) is 0.325. The molecule has 0 saturated carbocycles. The van der Waals surface area contributed by atoms with Gasteiger partial charge >= 0.3 is 0 Å². The molecule has 2 rings (SSSR count). The SMILES string of the molecule is Nc1cccc(CC(=O)NCc2cccc(Cl)c2)c1. The first kappa shape index (κ1) is 13.4. The molecule has 3 nitrogen and oxygen atoms in total. The number of nitrogens with one attached hydrogen (secondary N) is 1. The van der Waals surface area contributed by atoms with E-state index in [1.54, 1.807) is 18.2 Å². The Morgan fingerprint density at radius 1 is 1.11 bits per heavy atom. The number of rotatable bonds is 4. The van der Waals surface area contributed by atoms with Crippen LogP contribution < -0.4 is 11.1 Å². The van der Waals surface area contributed by atoms with Crippen molar-refractivity contribution in [2.75, 3.05) is 5.73 Å². The van der Waals surface area contributed by atoms with Crippen molar-refractivity contribution < 1.29 is 4.79 Å². The Bertz CT molecular complexity index is 584. The highest BCUT2D eigenvalue weighted by molar-refractivity contribution is 6.30. The lowest BCUT2D eigenvalue weighted by atomic mass is 10.1. The van der Waals surface area contributed by atoms with Crippen LogP contribution in [0.25, 0.3) is 0 Å². The second-order valence-corrected chi connectivity index (χ2v) is 4.76. The minimum Gasteiger partial charge on any atom is -0.399 e. The molecule has 0 radical (unpaired) electrons. The first-order valence-corrected chi connectivity index (χ1v) is 6.37. The van der Waals surface area contributed by atoms with E-state index in [4.69, 9.17) is 17.3 Å². The summed E-state index contributed by atoms with van der Waals surface area (Å²) in [5.74, 6) is -0.0365. The molecule has 1 amide bonds. The van der Waals surface area contributed by atoms with Crippen molar-refractivity contribution in [3.63, 3.8) is 0 Å². The number of anilines is 1. The number of nitrogen functional groups attached to an aromatic ring is 1.